The molecular formula is C26H25Cl3N2O2. The van der Waals surface area contributed by atoms with E-state index in [0.29, 0.717) is 40.3 Å². The Morgan fingerprint density at radius 2 is 1.67 bits per heavy atom. The zero-order valence-corrected chi connectivity index (χ0v) is 20.7. The fraction of sp³-hybridized carbons (Fsp3) is 0.269. The molecule has 0 bridgehead atoms. The summed E-state index contributed by atoms with van der Waals surface area (Å²) in [5.74, 6) is -0.1000. The van der Waals surface area contributed by atoms with E-state index < -0.39 is 6.10 Å². The molecule has 0 radical (unpaired) electrons. The van der Waals surface area contributed by atoms with Crippen LogP contribution in [0.1, 0.15) is 28.8 Å². The Hall–Kier alpha value is -2.24. The molecule has 3 aromatic carbocycles. The second-order valence-corrected chi connectivity index (χ2v) is 9.39. The number of amides is 1. The monoisotopic (exact) mass is 502 g/mol. The third kappa shape index (κ3) is 5.15. The fourth-order valence-corrected chi connectivity index (χ4v) is 4.98. The second-order valence-electron chi connectivity index (χ2n) is 8.11. The van der Waals surface area contributed by atoms with Crippen molar-refractivity contribution in [2.45, 2.75) is 19.1 Å². The Morgan fingerprint density at radius 3 is 2.33 bits per heavy atom. The Morgan fingerprint density at radius 1 is 0.970 bits per heavy atom. The van der Waals surface area contributed by atoms with Crippen molar-refractivity contribution in [3.8, 4) is 0 Å². The van der Waals surface area contributed by atoms with E-state index >= 15 is 0 Å². The van der Waals surface area contributed by atoms with Crippen LogP contribution in [0.3, 0.4) is 0 Å². The number of carbonyl (C=O) groups excluding carboxylic acids is 1. The van der Waals surface area contributed by atoms with Gasteiger partial charge in [-0.25, -0.2) is 0 Å². The van der Waals surface area contributed by atoms with Crippen LogP contribution in [0.25, 0.3) is 0 Å². The number of ether oxygens (including phenoxy) is 1. The van der Waals surface area contributed by atoms with Crippen LogP contribution >= 0.6 is 34.8 Å². The molecule has 0 aliphatic carbocycles. The number of aryl methyl sites for hydroxylation is 1. The number of carbonyl (C=O) groups is 1. The standard InChI is InChI=1S/C26H25Cl3N2O2/c1-17-15-20(28)11-12-23(17)31-14-13-30(16-24(31)18-7-9-19(27)10-8-18)26(32)25(33-2)21-5-3-4-6-22(21)29/h3-12,15,24-25H,13-14,16H2,1-2H3/t24-,25+/m0/s1. The van der Waals surface area contributed by atoms with Crippen molar-refractivity contribution in [3.05, 3.63) is 98.5 Å². The highest BCUT2D eigenvalue weighted by atomic mass is 35.5. The molecule has 3 aromatic rings. The van der Waals surface area contributed by atoms with Crippen LogP contribution in [0, 0.1) is 6.92 Å². The third-order valence-electron chi connectivity index (χ3n) is 6.06. The average molecular weight is 504 g/mol. The zero-order chi connectivity index (χ0) is 23.5. The number of halogens is 3. The van der Waals surface area contributed by atoms with Crippen LogP contribution in [0.15, 0.2) is 66.7 Å². The van der Waals surface area contributed by atoms with Gasteiger partial charge in [-0.15, -0.1) is 0 Å². The van der Waals surface area contributed by atoms with Gasteiger partial charge in [-0.2, -0.15) is 0 Å². The zero-order valence-electron chi connectivity index (χ0n) is 18.5. The number of benzene rings is 3. The average Bonchev–Trinajstić information content (AvgIpc) is 2.81. The van der Waals surface area contributed by atoms with Crippen LogP contribution in [-0.2, 0) is 9.53 Å². The molecule has 1 heterocycles. The van der Waals surface area contributed by atoms with Crippen molar-refractivity contribution in [2.75, 3.05) is 31.6 Å². The summed E-state index contributed by atoms with van der Waals surface area (Å²) in [7, 11) is 1.54. The highest BCUT2D eigenvalue weighted by molar-refractivity contribution is 6.31. The molecule has 1 saturated heterocycles. The van der Waals surface area contributed by atoms with E-state index in [-0.39, 0.29) is 11.9 Å². The van der Waals surface area contributed by atoms with Crippen molar-refractivity contribution in [1.29, 1.82) is 0 Å². The molecule has 1 amide bonds. The molecule has 4 rings (SSSR count). The van der Waals surface area contributed by atoms with Crippen LogP contribution < -0.4 is 4.90 Å². The number of rotatable bonds is 5. The smallest absolute Gasteiger partial charge is 0.256 e. The summed E-state index contributed by atoms with van der Waals surface area (Å²) < 4.78 is 5.61. The van der Waals surface area contributed by atoms with Gasteiger partial charge < -0.3 is 14.5 Å². The van der Waals surface area contributed by atoms with Gasteiger partial charge in [-0.05, 0) is 54.4 Å². The summed E-state index contributed by atoms with van der Waals surface area (Å²) in [5, 5.41) is 1.90. The van der Waals surface area contributed by atoms with E-state index in [1.807, 2.05) is 65.6 Å². The van der Waals surface area contributed by atoms with Gasteiger partial charge in [0.15, 0.2) is 6.10 Å². The van der Waals surface area contributed by atoms with Gasteiger partial charge in [0.2, 0.25) is 0 Å². The predicted molar refractivity (Wildman–Crippen MR) is 136 cm³/mol. The highest BCUT2D eigenvalue weighted by Crippen LogP contribution is 2.36. The van der Waals surface area contributed by atoms with Crippen molar-refractivity contribution in [2.24, 2.45) is 0 Å². The summed E-state index contributed by atoms with van der Waals surface area (Å²) in [6.45, 7) is 3.79. The fourth-order valence-electron chi connectivity index (χ4n) is 4.40. The molecule has 1 aliphatic rings. The summed E-state index contributed by atoms with van der Waals surface area (Å²) in [5.41, 5.74) is 3.94. The Labute approximate surface area is 209 Å². The van der Waals surface area contributed by atoms with Crippen molar-refractivity contribution in [3.63, 3.8) is 0 Å². The lowest BCUT2D eigenvalue weighted by Crippen LogP contribution is -2.52. The highest BCUT2D eigenvalue weighted by Gasteiger charge is 2.35. The van der Waals surface area contributed by atoms with Crippen molar-refractivity contribution < 1.29 is 9.53 Å². The molecule has 1 aliphatic heterocycles. The second kappa shape index (κ2) is 10.4. The third-order valence-corrected chi connectivity index (χ3v) is 6.89. The summed E-state index contributed by atoms with van der Waals surface area (Å²) in [6, 6.07) is 21.0. The lowest BCUT2D eigenvalue weighted by Gasteiger charge is -2.44. The normalized spacial score (nSPS) is 17.2. The van der Waals surface area contributed by atoms with Crippen molar-refractivity contribution >= 4 is 46.4 Å². The predicted octanol–water partition coefficient (Wildman–Crippen LogP) is 6.73. The summed E-state index contributed by atoms with van der Waals surface area (Å²) >= 11 is 18.7. The van der Waals surface area contributed by atoms with Gasteiger partial charge in [0.1, 0.15) is 0 Å². The van der Waals surface area contributed by atoms with E-state index in [2.05, 4.69) is 11.8 Å². The van der Waals surface area contributed by atoms with Crippen LogP contribution in [0.2, 0.25) is 15.1 Å². The van der Waals surface area contributed by atoms with E-state index in [9.17, 15) is 4.79 Å². The molecule has 0 spiro atoms. The van der Waals surface area contributed by atoms with Gasteiger partial charge in [-0.3, -0.25) is 4.79 Å². The minimum atomic E-state index is -0.756. The first-order chi connectivity index (χ1) is 15.9. The van der Waals surface area contributed by atoms with Crippen molar-refractivity contribution in [1.82, 2.24) is 4.90 Å². The topological polar surface area (TPSA) is 32.8 Å². The Kier molecular flexibility index (Phi) is 7.50. The maximum atomic E-state index is 13.6. The van der Waals surface area contributed by atoms with E-state index in [4.69, 9.17) is 39.5 Å². The summed E-state index contributed by atoms with van der Waals surface area (Å²) in [4.78, 5) is 17.7. The molecule has 4 nitrogen and oxygen atoms in total. The largest absolute Gasteiger partial charge is 0.367 e. The lowest BCUT2D eigenvalue weighted by atomic mass is 9.99. The molecule has 7 heteroatoms. The number of anilines is 1. The lowest BCUT2D eigenvalue weighted by molar-refractivity contribution is -0.143. The maximum Gasteiger partial charge on any atom is 0.256 e. The van der Waals surface area contributed by atoms with Crippen LogP contribution in [0.4, 0.5) is 5.69 Å². The van der Waals surface area contributed by atoms with Gasteiger partial charge in [0.25, 0.3) is 5.91 Å². The maximum absolute atomic E-state index is 13.6. The first-order valence-electron chi connectivity index (χ1n) is 10.7. The summed E-state index contributed by atoms with van der Waals surface area (Å²) in [6.07, 6.45) is -0.756. The molecule has 2 atom stereocenters. The minimum absolute atomic E-state index is 0.0522. The van der Waals surface area contributed by atoms with E-state index in [1.54, 1.807) is 6.07 Å². The van der Waals surface area contributed by atoms with Gasteiger partial charge in [-0.1, -0.05) is 65.1 Å². The molecule has 172 valence electrons. The number of piperazine rings is 1. The number of methoxy groups -OCH3 is 1. The Balaban J connectivity index is 1.66. The number of nitrogens with zero attached hydrogens (tertiary/aromatic N) is 2. The Bertz CT molecular complexity index is 1140. The molecule has 0 unspecified atom stereocenters. The minimum Gasteiger partial charge on any atom is -0.367 e. The van der Waals surface area contributed by atoms with Crippen LogP contribution in [0.5, 0.6) is 0 Å². The molecule has 0 saturated carbocycles. The molecule has 33 heavy (non-hydrogen) atoms. The molecule has 1 fully saturated rings. The first kappa shape index (κ1) is 23.9. The van der Waals surface area contributed by atoms with Gasteiger partial charge in [0.05, 0.1) is 6.04 Å². The van der Waals surface area contributed by atoms with E-state index in [1.165, 1.54) is 7.11 Å². The number of hydrogen-bond donors (Lipinski definition) is 0. The van der Waals surface area contributed by atoms with Crippen LogP contribution in [-0.4, -0.2) is 37.6 Å². The molecule has 0 N–H and O–H groups in total. The van der Waals surface area contributed by atoms with Gasteiger partial charge in [0, 0.05) is 53.1 Å². The molecular weight excluding hydrogens is 479 g/mol. The van der Waals surface area contributed by atoms with E-state index in [0.717, 1.165) is 16.8 Å². The van der Waals surface area contributed by atoms with Gasteiger partial charge >= 0.3 is 0 Å². The quantitative estimate of drug-likeness (QED) is 0.387. The first-order valence-corrected chi connectivity index (χ1v) is 11.9. The SMILES string of the molecule is CO[C@@H](C(=O)N1CCN(c2ccc(Cl)cc2C)[C@H](c2ccc(Cl)cc2)C1)c1ccccc1Cl. The molecule has 0 aromatic heterocycles. The number of hydrogen-bond acceptors (Lipinski definition) is 3.